The third-order valence-electron chi connectivity index (χ3n) is 1.59. The molecule has 0 aliphatic heterocycles. The van der Waals surface area contributed by atoms with Crippen molar-refractivity contribution in [3.05, 3.63) is 23.6 Å². The lowest BCUT2D eigenvalue weighted by molar-refractivity contribution is 0.611. The maximum absolute atomic E-state index is 12.9. The Kier molecular flexibility index (Phi) is 3.09. The number of rotatable bonds is 2. The number of halogens is 1. The Morgan fingerprint density at radius 2 is 2.08 bits per heavy atom. The van der Waals surface area contributed by atoms with Crippen LogP contribution in [0.3, 0.4) is 0 Å². The summed E-state index contributed by atoms with van der Waals surface area (Å²) in [5, 5.41) is 0.749. The lowest BCUT2D eigenvalue weighted by Crippen LogP contribution is -1.95. The van der Waals surface area contributed by atoms with E-state index in [2.05, 4.69) is 4.98 Å². The van der Waals surface area contributed by atoms with Crippen LogP contribution in [0.1, 0.15) is 25.5 Å². The highest BCUT2D eigenvalue weighted by atomic mass is 32.2. The van der Waals surface area contributed by atoms with Gasteiger partial charge in [-0.05, 0) is 18.2 Å². The van der Waals surface area contributed by atoms with E-state index in [0.717, 1.165) is 10.7 Å². The maximum atomic E-state index is 12.9. The third-order valence-corrected chi connectivity index (χ3v) is 2.21. The summed E-state index contributed by atoms with van der Waals surface area (Å²) in [6.07, 6.45) is 1.89. The van der Waals surface area contributed by atoms with Crippen LogP contribution in [-0.2, 0) is 0 Å². The zero-order chi connectivity index (χ0) is 9.14. The second-order valence-electron chi connectivity index (χ2n) is 2.91. The Morgan fingerprint density at radius 1 is 1.42 bits per heavy atom. The lowest BCUT2D eigenvalue weighted by atomic mass is 10.1. The molecule has 0 aromatic carbocycles. The standard InChI is InChI=1S/C9H12FNS/c1-6(2)8-4-7(10)5-9(11-8)12-3/h4-6H,1-3H3. The van der Waals surface area contributed by atoms with Crippen LogP contribution in [0.5, 0.6) is 0 Å². The number of thioether (sulfide) groups is 1. The fourth-order valence-electron chi connectivity index (χ4n) is 0.893. The summed E-state index contributed by atoms with van der Waals surface area (Å²) in [4.78, 5) is 4.27. The third kappa shape index (κ3) is 2.21. The molecule has 0 aliphatic carbocycles. The van der Waals surface area contributed by atoms with Gasteiger partial charge in [0.25, 0.3) is 0 Å². The van der Waals surface area contributed by atoms with Crippen LogP contribution in [0.25, 0.3) is 0 Å². The lowest BCUT2D eigenvalue weighted by Gasteiger charge is -2.05. The summed E-state index contributed by atoms with van der Waals surface area (Å²) in [5.41, 5.74) is 0.819. The summed E-state index contributed by atoms with van der Waals surface area (Å²) >= 11 is 1.46. The van der Waals surface area contributed by atoms with Crippen LogP contribution >= 0.6 is 11.8 Å². The molecule has 0 N–H and O–H groups in total. The first kappa shape index (κ1) is 9.52. The Hall–Kier alpha value is -0.570. The summed E-state index contributed by atoms with van der Waals surface area (Å²) in [5.74, 6) is 0.0876. The minimum absolute atomic E-state index is 0.196. The van der Waals surface area contributed by atoms with Crippen LogP contribution in [0, 0.1) is 5.82 Å². The molecule has 0 aliphatic rings. The van der Waals surface area contributed by atoms with E-state index in [-0.39, 0.29) is 11.7 Å². The Bertz CT molecular complexity index is 273. The predicted octanol–water partition coefficient (Wildman–Crippen LogP) is 3.07. The molecule has 0 unspecified atom stereocenters. The first-order chi connectivity index (χ1) is 5.63. The molecule has 0 spiro atoms. The molecule has 12 heavy (non-hydrogen) atoms. The number of aromatic nitrogens is 1. The first-order valence-electron chi connectivity index (χ1n) is 3.85. The van der Waals surface area contributed by atoms with Gasteiger partial charge in [-0.25, -0.2) is 9.37 Å². The number of hydrogen-bond donors (Lipinski definition) is 0. The van der Waals surface area contributed by atoms with Crippen LogP contribution < -0.4 is 0 Å². The Labute approximate surface area is 76.4 Å². The van der Waals surface area contributed by atoms with E-state index in [1.807, 2.05) is 20.1 Å². The number of nitrogens with zero attached hydrogens (tertiary/aromatic N) is 1. The molecular weight excluding hydrogens is 173 g/mol. The van der Waals surface area contributed by atoms with Crippen LogP contribution in [0.15, 0.2) is 17.2 Å². The van der Waals surface area contributed by atoms with Gasteiger partial charge in [0.05, 0.1) is 5.03 Å². The molecule has 3 heteroatoms. The van der Waals surface area contributed by atoms with Crippen molar-refractivity contribution >= 4 is 11.8 Å². The zero-order valence-corrected chi connectivity index (χ0v) is 8.28. The highest BCUT2D eigenvalue weighted by Crippen LogP contribution is 2.18. The van der Waals surface area contributed by atoms with E-state index in [4.69, 9.17) is 0 Å². The molecule has 0 saturated heterocycles. The summed E-state index contributed by atoms with van der Waals surface area (Å²) in [6.45, 7) is 4.01. The summed E-state index contributed by atoms with van der Waals surface area (Å²) < 4.78 is 12.9. The van der Waals surface area contributed by atoms with Gasteiger partial charge in [0.15, 0.2) is 0 Å². The number of pyridine rings is 1. The van der Waals surface area contributed by atoms with Gasteiger partial charge in [0, 0.05) is 11.8 Å². The average Bonchev–Trinajstić information content (AvgIpc) is 2.03. The summed E-state index contributed by atoms with van der Waals surface area (Å²) in [6, 6.07) is 2.95. The molecular formula is C9H12FNS. The quantitative estimate of drug-likeness (QED) is 0.657. The van der Waals surface area contributed by atoms with E-state index < -0.39 is 0 Å². The van der Waals surface area contributed by atoms with Gasteiger partial charge in [-0.2, -0.15) is 0 Å². The van der Waals surface area contributed by atoms with Crippen molar-refractivity contribution in [3.63, 3.8) is 0 Å². The second-order valence-corrected chi connectivity index (χ2v) is 3.73. The Morgan fingerprint density at radius 3 is 2.58 bits per heavy atom. The first-order valence-corrected chi connectivity index (χ1v) is 5.07. The van der Waals surface area contributed by atoms with Crippen molar-refractivity contribution in [3.8, 4) is 0 Å². The van der Waals surface area contributed by atoms with E-state index in [1.54, 1.807) is 0 Å². The van der Waals surface area contributed by atoms with Crippen LogP contribution in [0.4, 0.5) is 4.39 Å². The topological polar surface area (TPSA) is 12.9 Å². The van der Waals surface area contributed by atoms with Gasteiger partial charge >= 0.3 is 0 Å². The van der Waals surface area contributed by atoms with E-state index >= 15 is 0 Å². The van der Waals surface area contributed by atoms with Crippen LogP contribution in [0.2, 0.25) is 0 Å². The molecule has 1 aromatic heterocycles. The molecule has 1 aromatic rings. The maximum Gasteiger partial charge on any atom is 0.127 e. The monoisotopic (exact) mass is 185 g/mol. The highest BCUT2D eigenvalue weighted by Gasteiger charge is 2.04. The number of hydrogen-bond acceptors (Lipinski definition) is 2. The van der Waals surface area contributed by atoms with Crippen molar-refractivity contribution in [2.75, 3.05) is 6.26 Å². The molecule has 1 heterocycles. The van der Waals surface area contributed by atoms with E-state index in [9.17, 15) is 4.39 Å². The molecule has 66 valence electrons. The van der Waals surface area contributed by atoms with Crippen molar-refractivity contribution in [2.45, 2.75) is 24.8 Å². The second kappa shape index (κ2) is 3.90. The SMILES string of the molecule is CSc1cc(F)cc(C(C)C)n1. The fraction of sp³-hybridized carbons (Fsp3) is 0.444. The summed E-state index contributed by atoms with van der Waals surface area (Å²) in [7, 11) is 0. The minimum Gasteiger partial charge on any atom is -0.246 e. The molecule has 0 radical (unpaired) electrons. The predicted molar refractivity (Wildman–Crippen MR) is 50.1 cm³/mol. The van der Waals surface area contributed by atoms with Crippen molar-refractivity contribution in [1.82, 2.24) is 4.98 Å². The van der Waals surface area contributed by atoms with Gasteiger partial charge in [-0.3, -0.25) is 0 Å². The van der Waals surface area contributed by atoms with Crippen molar-refractivity contribution in [2.24, 2.45) is 0 Å². The molecule has 0 saturated carbocycles. The molecule has 0 bridgehead atoms. The fourth-order valence-corrected chi connectivity index (χ4v) is 1.32. The average molecular weight is 185 g/mol. The van der Waals surface area contributed by atoms with Gasteiger partial charge < -0.3 is 0 Å². The van der Waals surface area contributed by atoms with Crippen molar-refractivity contribution < 1.29 is 4.39 Å². The van der Waals surface area contributed by atoms with Crippen molar-refractivity contribution in [1.29, 1.82) is 0 Å². The highest BCUT2D eigenvalue weighted by molar-refractivity contribution is 7.98. The zero-order valence-electron chi connectivity index (χ0n) is 7.47. The normalized spacial score (nSPS) is 10.8. The van der Waals surface area contributed by atoms with Gasteiger partial charge in [-0.1, -0.05) is 13.8 Å². The Balaban J connectivity index is 3.06. The molecule has 1 rings (SSSR count). The van der Waals surface area contributed by atoms with Gasteiger partial charge in [-0.15, -0.1) is 11.8 Å². The molecule has 1 nitrogen and oxygen atoms in total. The van der Waals surface area contributed by atoms with Gasteiger partial charge in [0.2, 0.25) is 0 Å². The van der Waals surface area contributed by atoms with E-state index in [0.29, 0.717) is 0 Å². The van der Waals surface area contributed by atoms with E-state index in [1.165, 1.54) is 23.9 Å². The minimum atomic E-state index is -0.196. The smallest absolute Gasteiger partial charge is 0.127 e. The largest absolute Gasteiger partial charge is 0.246 e. The van der Waals surface area contributed by atoms with Gasteiger partial charge in [0.1, 0.15) is 5.82 Å². The molecule has 0 amide bonds. The molecule has 0 fully saturated rings. The molecule has 0 atom stereocenters. The van der Waals surface area contributed by atoms with Crippen LogP contribution in [-0.4, -0.2) is 11.2 Å².